The van der Waals surface area contributed by atoms with Crippen LogP contribution in [-0.2, 0) is 4.79 Å². The zero-order valence-corrected chi connectivity index (χ0v) is 10.7. The number of amides is 1. The van der Waals surface area contributed by atoms with Crippen molar-refractivity contribution in [3.8, 4) is 0 Å². The zero-order chi connectivity index (χ0) is 12.7. The summed E-state index contributed by atoms with van der Waals surface area (Å²) in [5.41, 5.74) is 2.95. The Morgan fingerprint density at radius 3 is 2.56 bits per heavy atom. The average molecular weight is 258 g/mol. The molecule has 0 fully saturated rings. The van der Waals surface area contributed by atoms with Gasteiger partial charge < -0.3 is 4.90 Å². The molecule has 0 saturated carbocycles. The van der Waals surface area contributed by atoms with Crippen molar-refractivity contribution in [1.29, 1.82) is 0 Å². The van der Waals surface area contributed by atoms with E-state index in [1.54, 1.807) is 11.9 Å². The molecule has 1 unspecified atom stereocenters. The first-order chi connectivity index (χ1) is 8.68. The van der Waals surface area contributed by atoms with Crippen LogP contribution in [0.5, 0.6) is 0 Å². The molecule has 0 aliphatic carbocycles. The van der Waals surface area contributed by atoms with Gasteiger partial charge in [0.2, 0.25) is 5.91 Å². The topological polar surface area (TPSA) is 20.3 Å². The summed E-state index contributed by atoms with van der Waals surface area (Å²) in [7, 11) is 1.79. The Morgan fingerprint density at radius 2 is 1.83 bits per heavy atom. The van der Waals surface area contributed by atoms with Crippen LogP contribution < -0.4 is 4.90 Å². The standard InChI is InChI=1S/C15H12ClNO/c1-17-13-9-11(16)7-8-12(13)14(15(17)18)10-5-3-2-4-6-10/h2-9,14H,1H3. The van der Waals surface area contributed by atoms with Crippen molar-refractivity contribution in [2.75, 3.05) is 11.9 Å². The molecule has 0 saturated heterocycles. The third kappa shape index (κ3) is 1.61. The number of halogens is 1. The summed E-state index contributed by atoms with van der Waals surface area (Å²) in [5.74, 6) is -0.109. The first kappa shape index (κ1) is 11.3. The van der Waals surface area contributed by atoms with Gasteiger partial charge in [-0.15, -0.1) is 0 Å². The Hall–Kier alpha value is -1.80. The van der Waals surface area contributed by atoms with Crippen molar-refractivity contribution in [2.45, 2.75) is 5.92 Å². The number of benzene rings is 2. The van der Waals surface area contributed by atoms with E-state index in [0.717, 1.165) is 16.8 Å². The van der Waals surface area contributed by atoms with Crippen LogP contribution >= 0.6 is 11.6 Å². The highest BCUT2D eigenvalue weighted by Crippen LogP contribution is 2.41. The lowest BCUT2D eigenvalue weighted by Gasteiger charge is -2.11. The minimum atomic E-state index is -0.205. The van der Waals surface area contributed by atoms with Crippen LogP contribution in [0.2, 0.25) is 5.02 Å². The molecule has 2 nitrogen and oxygen atoms in total. The smallest absolute Gasteiger partial charge is 0.238 e. The number of anilines is 1. The Labute approximate surface area is 111 Å². The van der Waals surface area contributed by atoms with E-state index in [2.05, 4.69) is 0 Å². The summed E-state index contributed by atoms with van der Waals surface area (Å²) in [6.07, 6.45) is 0. The highest BCUT2D eigenvalue weighted by Gasteiger charge is 2.36. The first-order valence-electron chi connectivity index (χ1n) is 5.80. The third-order valence-electron chi connectivity index (χ3n) is 3.38. The quantitative estimate of drug-likeness (QED) is 0.766. The molecule has 1 aliphatic heterocycles. The van der Waals surface area contributed by atoms with Gasteiger partial charge in [0.05, 0.1) is 5.92 Å². The van der Waals surface area contributed by atoms with Crippen LogP contribution in [-0.4, -0.2) is 13.0 Å². The fraction of sp³-hybridized carbons (Fsp3) is 0.133. The molecule has 1 amide bonds. The maximum atomic E-state index is 12.4. The number of carbonyl (C=O) groups is 1. The lowest BCUT2D eigenvalue weighted by atomic mass is 9.93. The number of hydrogen-bond donors (Lipinski definition) is 0. The summed E-state index contributed by atoms with van der Waals surface area (Å²) < 4.78 is 0. The second-order valence-corrected chi connectivity index (χ2v) is 4.88. The predicted octanol–water partition coefficient (Wildman–Crippen LogP) is 3.45. The average Bonchev–Trinajstić information content (AvgIpc) is 2.64. The molecular formula is C15H12ClNO. The van der Waals surface area contributed by atoms with Crippen LogP contribution in [0.1, 0.15) is 17.0 Å². The predicted molar refractivity (Wildman–Crippen MR) is 73.1 cm³/mol. The van der Waals surface area contributed by atoms with Gasteiger partial charge in [-0.05, 0) is 23.3 Å². The largest absolute Gasteiger partial charge is 0.314 e. The second-order valence-electron chi connectivity index (χ2n) is 4.44. The van der Waals surface area contributed by atoms with Gasteiger partial charge in [-0.2, -0.15) is 0 Å². The van der Waals surface area contributed by atoms with Gasteiger partial charge in [0.15, 0.2) is 0 Å². The number of likely N-dealkylation sites (N-methyl/N-ethyl adjacent to an activating group) is 1. The number of hydrogen-bond acceptors (Lipinski definition) is 1. The van der Waals surface area contributed by atoms with Crippen molar-refractivity contribution in [2.24, 2.45) is 0 Å². The molecule has 18 heavy (non-hydrogen) atoms. The second kappa shape index (κ2) is 4.14. The van der Waals surface area contributed by atoms with Crippen molar-refractivity contribution < 1.29 is 4.79 Å². The number of fused-ring (bicyclic) bond motifs is 1. The van der Waals surface area contributed by atoms with Crippen LogP contribution in [0, 0.1) is 0 Å². The zero-order valence-electron chi connectivity index (χ0n) is 9.93. The normalized spacial score (nSPS) is 18.0. The highest BCUT2D eigenvalue weighted by atomic mass is 35.5. The molecule has 2 aromatic rings. The van der Waals surface area contributed by atoms with Crippen LogP contribution in [0.4, 0.5) is 5.69 Å². The first-order valence-corrected chi connectivity index (χ1v) is 6.18. The van der Waals surface area contributed by atoms with Gasteiger partial charge >= 0.3 is 0 Å². The van der Waals surface area contributed by atoms with Crippen molar-refractivity contribution in [3.63, 3.8) is 0 Å². The Balaban J connectivity index is 2.16. The van der Waals surface area contributed by atoms with Crippen LogP contribution in [0.3, 0.4) is 0 Å². The maximum Gasteiger partial charge on any atom is 0.238 e. The minimum Gasteiger partial charge on any atom is -0.314 e. The summed E-state index contributed by atoms with van der Waals surface area (Å²) >= 11 is 5.99. The van der Waals surface area contributed by atoms with Crippen molar-refractivity contribution in [1.82, 2.24) is 0 Å². The van der Waals surface area contributed by atoms with Gasteiger partial charge in [0.25, 0.3) is 0 Å². The fourth-order valence-electron chi connectivity index (χ4n) is 2.46. The van der Waals surface area contributed by atoms with E-state index in [1.807, 2.05) is 48.5 Å². The fourth-order valence-corrected chi connectivity index (χ4v) is 2.63. The third-order valence-corrected chi connectivity index (χ3v) is 3.61. The molecule has 1 heterocycles. The monoisotopic (exact) mass is 257 g/mol. The Bertz CT molecular complexity index is 609. The Morgan fingerprint density at radius 1 is 1.11 bits per heavy atom. The molecule has 1 aliphatic rings. The van der Waals surface area contributed by atoms with Crippen LogP contribution in [0.15, 0.2) is 48.5 Å². The minimum absolute atomic E-state index is 0.0958. The molecule has 0 radical (unpaired) electrons. The molecule has 90 valence electrons. The summed E-state index contributed by atoms with van der Waals surface area (Å²) in [6.45, 7) is 0. The molecule has 3 rings (SSSR count). The van der Waals surface area contributed by atoms with E-state index in [4.69, 9.17) is 11.6 Å². The van der Waals surface area contributed by atoms with Crippen LogP contribution in [0.25, 0.3) is 0 Å². The molecule has 0 N–H and O–H groups in total. The van der Waals surface area contributed by atoms with E-state index in [0.29, 0.717) is 5.02 Å². The van der Waals surface area contributed by atoms with E-state index in [9.17, 15) is 4.79 Å². The molecule has 0 spiro atoms. The van der Waals surface area contributed by atoms with E-state index >= 15 is 0 Å². The van der Waals surface area contributed by atoms with Gasteiger partial charge in [-0.3, -0.25) is 4.79 Å². The van der Waals surface area contributed by atoms with E-state index in [1.165, 1.54) is 0 Å². The molecular weight excluding hydrogens is 246 g/mol. The summed E-state index contributed by atoms with van der Waals surface area (Å²) in [6, 6.07) is 15.5. The van der Waals surface area contributed by atoms with Crippen molar-refractivity contribution >= 4 is 23.2 Å². The van der Waals surface area contributed by atoms with Gasteiger partial charge in [-0.25, -0.2) is 0 Å². The van der Waals surface area contributed by atoms with Gasteiger partial charge in [-0.1, -0.05) is 48.0 Å². The van der Waals surface area contributed by atoms with Gasteiger partial charge in [0.1, 0.15) is 0 Å². The highest BCUT2D eigenvalue weighted by molar-refractivity contribution is 6.31. The molecule has 1 atom stereocenters. The maximum absolute atomic E-state index is 12.4. The summed E-state index contributed by atoms with van der Waals surface area (Å²) in [4.78, 5) is 14.0. The summed E-state index contributed by atoms with van der Waals surface area (Å²) in [5, 5.41) is 0.655. The molecule has 2 aromatic carbocycles. The van der Waals surface area contributed by atoms with E-state index < -0.39 is 0 Å². The number of nitrogens with zero attached hydrogens (tertiary/aromatic N) is 1. The van der Waals surface area contributed by atoms with Crippen molar-refractivity contribution in [3.05, 3.63) is 64.7 Å². The number of rotatable bonds is 1. The number of carbonyl (C=O) groups excluding carboxylic acids is 1. The SMILES string of the molecule is CN1C(=O)C(c2ccccc2)c2ccc(Cl)cc21. The lowest BCUT2D eigenvalue weighted by Crippen LogP contribution is -2.24. The Kier molecular flexibility index (Phi) is 2.60. The molecule has 0 aromatic heterocycles. The molecule has 3 heteroatoms. The van der Waals surface area contributed by atoms with E-state index in [-0.39, 0.29) is 11.8 Å². The molecule has 0 bridgehead atoms. The lowest BCUT2D eigenvalue weighted by molar-refractivity contribution is -0.118. The van der Waals surface area contributed by atoms with Gasteiger partial charge in [0, 0.05) is 17.8 Å².